The topological polar surface area (TPSA) is 28.7 Å². The third-order valence-electron chi connectivity index (χ3n) is 3.36. The van der Waals surface area contributed by atoms with E-state index in [-0.39, 0.29) is 0 Å². The van der Waals surface area contributed by atoms with Crippen LogP contribution in [0.3, 0.4) is 0 Å². The van der Waals surface area contributed by atoms with E-state index in [1.807, 2.05) is 36.8 Å². The third kappa shape index (κ3) is 1.27. The van der Waals surface area contributed by atoms with E-state index in [1.165, 1.54) is 27.3 Å². The van der Waals surface area contributed by atoms with Crippen LogP contribution >= 0.6 is 11.6 Å². The highest BCUT2D eigenvalue weighted by molar-refractivity contribution is 6.31. The number of fused-ring (bicyclic) bond motifs is 5. The zero-order chi connectivity index (χ0) is 12.1. The summed E-state index contributed by atoms with van der Waals surface area (Å²) in [5.41, 5.74) is 3.49. The number of aromatic nitrogens is 2. The molecule has 18 heavy (non-hydrogen) atoms. The van der Waals surface area contributed by atoms with E-state index < -0.39 is 0 Å². The van der Waals surface area contributed by atoms with Crippen LogP contribution in [0.4, 0.5) is 0 Å². The molecule has 0 atom stereocenters. The molecule has 0 unspecified atom stereocenters. The number of rotatable bonds is 0. The fourth-order valence-electron chi connectivity index (χ4n) is 2.56. The zero-order valence-electron chi connectivity index (χ0n) is 9.44. The molecule has 4 rings (SSSR count). The van der Waals surface area contributed by atoms with Crippen LogP contribution in [0, 0.1) is 0 Å². The first kappa shape index (κ1) is 9.92. The van der Waals surface area contributed by atoms with E-state index in [1.54, 1.807) is 0 Å². The summed E-state index contributed by atoms with van der Waals surface area (Å²) in [5, 5.41) is 4.33. The van der Waals surface area contributed by atoms with E-state index in [9.17, 15) is 0 Å². The molecule has 86 valence electrons. The highest BCUT2D eigenvalue weighted by atomic mass is 35.5. The molecule has 2 aromatic rings. The van der Waals surface area contributed by atoms with Crippen LogP contribution in [0.15, 0.2) is 48.9 Å². The predicted molar refractivity (Wildman–Crippen MR) is 75.2 cm³/mol. The second kappa shape index (κ2) is 3.47. The van der Waals surface area contributed by atoms with Crippen molar-refractivity contribution in [3.05, 3.63) is 53.9 Å². The molecular weight excluding hydrogens is 244 g/mol. The van der Waals surface area contributed by atoms with Crippen molar-refractivity contribution in [2.24, 2.45) is 0 Å². The number of nitrogens with one attached hydrogen (secondary N) is 1. The molecule has 1 aromatic carbocycles. The number of pyridine rings is 2. The smallest absolute Gasteiger partial charge is 0.0475 e. The average Bonchev–Trinajstić information content (AvgIpc) is 2.77. The van der Waals surface area contributed by atoms with Crippen molar-refractivity contribution in [2.45, 2.75) is 0 Å². The first-order chi connectivity index (χ1) is 8.83. The summed E-state index contributed by atoms with van der Waals surface area (Å²) in [7, 11) is 0. The Kier molecular flexibility index (Phi) is 1.91. The summed E-state index contributed by atoms with van der Waals surface area (Å²) in [6.07, 6.45) is 5.77. The van der Waals surface area contributed by atoms with E-state index in [2.05, 4.69) is 22.1 Å². The van der Waals surface area contributed by atoms with Crippen molar-refractivity contribution in [3.63, 3.8) is 0 Å². The quantitative estimate of drug-likeness (QED) is 0.491. The molecule has 2 nitrogen and oxygen atoms in total. The van der Waals surface area contributed by atoms with Gasteiger partial charge in [0.05, 0.1) is 0 Å². The Morgan fingerprint density at radius 1 is 1.06 bits per heavy atom. The standard InChI is InChI=1S/C15H9ClN2/c16-11-1-2-12-14(6-11)18-7-10-5-9-3-4-17-8-13(9)15(10)12/h1-8,18H. The van der Waals surface area contributed by atoms with Crippen molar-refractivity contribution in [2.75, 3.05) is 0 Å². The maximum atomic E-state index is 6.03. The van der Waals surface area contributed by atoms with Crippen LogP contribution in [-0.4, -0.2) is 9.97 Å². The number of benzene rings is 1. The van der Waals surface area contributed by atoms with Gasteiger partial charge in [-0.2, -0.15) is 0 Å². The Bertz CT molecular complexity index is 848. The normalized spacial score (nSPS) is 11.6. The molecule has 2 aliphatic rings. The minimum Gasteiger partial charge on any atom is -0.361 e. The van der Waals surface area contributed by atoms with Crippen molar-refractivity contribution in [1.29, 1.82) is 0 Å². The first-order valence-electron chi connectivity index (χ1n) is 5.76. The number of aromatic amines is 1. The van der Waals surface area contributed by atoms with Crippen LogP contribution in [0.5, 0.6) is 0 Å². The van der Waals surface area contributed by atoms with Gasteiger partial charge in [0.1, 0.15) is 0 Å². The van der Waals surface area contributed by atoms with Gasteiger partial charge in [0, 0.05) is 45.5 Å². The maximum Gasteiger partial charge on any atom is 0.0475 e. The van der Waals surface area contributed by atoms with Crippen LogP contribution in [0.25, 0.3) is 32.8 Å². The van der Waals surface area contributed by atoms with Gasteiger partial charge in [0.25, 0.3) is 0 Å². The monoisotopic (exact) mass is 252 g/mol. The fourth-order valence-corrected chi connectivity index (χ4v) is 2.73. The Morgan fingerprint density at radius 3 is 2.94 bits per heavy atom. The Hall–Kier alpha value is -2.06. The SMILES string of the molecule is Clc1ccc2c3c4cnccc4cc-3c[nH]c2c1. The first-order valence-corrected chi connectivity index (χ1v) is 6.14. The van der Waals surface area contributed by atoms with Gasteiger partial charge in [-0.05, 0) is 35.2 Å². The second-order valence-corrected chi connectivity index (χ2v) is 4.85. The van der Waals surface area contributed by atoms with Gasteiger partial charge in [-0.1, -0.05) is 17.7 Å². The summed E-state index contributed by atoms with van der Waals surface area (Å²) in [4.78, 5) is 7.51. The predicted octanol–water partition coefficient (Wildman–Crippen LogP) is 4.47. The summed E-state index contributed by atoms with van der Waals surface area (Å²) in [6, 6.07) is 10.1. The minimum absolute atomic E-state index is 0.743. The van der Waals surface area contributed by atoms with E-state index in [0.717, 1.165) is 10.5 Å². The molecule has 0 saturated heterocycles. The average molecular weight is 253 g/mol. The number of hydrogen-bond donors (Lipinski definition) is 1. The number of hydrogen-bond acceptors (Lipinski definition) is 1. The molecule has 0 radical (unpaired) electrons. The molecule has 0 bridgehead atoms. The third-order valence-corrected chi connectivity index (χ3v) is 3.59. The zero-order valence-corrected chi connectivity index (χ0v) is 10.2. The summed E-state index contributed by atoms with van der Waals surface area (Å²) >= 11 is 6.03. The van der Waals surface area contributed by atoms with Crippen LogP contribution in [-0.2, 0) is 0 Å². The maximum absolute atomic E-state index is 6.03. The summed E-state index contributed by atoms with van der Waals surface area (Å²) in [5.74, 6) is 0. The van der Waals surface area contributed by atoms with Crippen molar-refractivity contribution < 1.29 is 0 Å². The van der Waals surface area contributed by atoms with Gasteiger partial charge in [-0.25, -0.2) is 0 Å². The lowest BCUT2D eigenvalue weighted by Gasteiger charge is -2.06. The Labute approximate surface area is 109 Å². The molecule has 1 aliphatic heterocycles. The number of nitrogens with zero attached hydrogens (tertiary/aromatic N) is 1. The van der Waals surface area contributed by atoms with Gasteiger partial charge >= 0.3 is 0 Å². The van der Waals surface area contributed by atoms with Crippen molar-refractivity contribution in [3.8, 4) is 11.1 Å². The van der Waals surface area contributed by atoms with E-state index in [4.69, 9.17) is 11.6 Å². The highest BCUT2D eigenvalue weighted by Gasteiger charge is 2.13. The fraction of sp³-hybridized carbons (Fsp3) is 0. The molecule has 0 spiro atoms. The van der Waals surface area contributed by atoms with Gasteiger partial charge in [0.15, 0.2) is 0 Å². The molecule has 1 aromatic heterocycles. The van der Waals surface area contributed by atoms with Gasteiger partial charge in [-0.3, -0.25) is 4.98 Å². The lowest BCUT2D eigenvalue weighted by atomic mass is 10.0. The van der Waals surface area contributed by atoms with Gasteiger partial charge < -0.3 is 4.98 Å². The van der Waals surface area contributed by atoms with E-state index in [0.29, 0.717) is 0 Å². The minimum atomic E-state index is 0.743. The molecule has 0 amide bonds. The van der Waals surface area contributed by atoms with Crippen LogP contribution < -0.4 is 0 Å². The Morgan fingerprint density at radius 2 is 2.00 bits per heavy atom. The molecule has 1 aliphatic carbocycles. The van der Waals surface area contributed by atoms with Crippen molar-refractivity contribution >= 4 is 33.3 Å². The second-order valence-electron chi connectivity index (χ2n) is 4.42. The summed E-state index contributed by atoms with van der Waals surface area (Å²) < 4.78 is 0. The van der Waals surface area contributed by atoms with Crippen LogP contribution in [0.2, 0.25) is 5.02 Å². The number of halogens is 1. The summed E-state index contributed by atoms with van der Waals surface area (Å²) in [6.45, 7) is 0. The molecule has 0 fully saturated rings. The molecule has 1 N–H and O–H groups in total. The highest BCUT2D eigenvalue weighted by Crippen LogP contribution is 2.38. The van der Waals surface area contributed by atoms with Crippen molar-refractivity contribution in [1.82, 2.24) is 9.97 Å². The van der Waals surface area contributed by atoms with Gasteiger partial charge in [0.2, 0.25) is 0 Å². The van der Waals surface area contributed by atoms with Gasteiger partial charge in [-0.15, -0.1) is 0 Å². The molecule has 3 heteroatoms. The molecule has 2 heterocycles. The molecular formula is C15H9ClN2. The molecule has 0 saturated carbocycles. The number of H-pyrrole nitrogens is 1. The largest absolute Gasteiger partial charge is 0.361 e. The van der Waals surface area contributed by atoms with E-state index >= 15 is 0 Å². The Balaban J connectivity index is 2.28. The van der Waals surface area contributed by atoms with Crippen LogP contribution in [0.1, 0.15) is 0 Å². The lowest BCUT2D eigenvalue weighted by Crippen LogP contribution is -1.84. The lowest BCUT2D eigenvalue weighted by molar-refractivity contribution is 1.37.